The largest absolute Gasteiger partial charge is 0.352 e. The summed E-state index contributed by atoms with van der Waals surface area (Å²) in [6, 6.07) is 12.3. The van der Waals surface area contributed by atoms with Crippen LogP contribution in [0.3, 0.4) is 0 Å². The molecule has 1 saturated heterocycles. The van der Waals surface area contributed by atoms with Gasteiger partial charge in [0.05, 0.1) is 0 Å². The van der Waals surface area contributed by atoms with E-state index < -0.39 is 10.0 Å². The van der Waals surface area contributed by atoms with Gasteiger partial charge in [-0.05, 0) is 43.0 Å². The van der Waals surface area contributed by atoms with E-state index in [2.05, 4.69) is 10.3 Å². The third-order valence-electron chi connectivity index (χ3n) is 4.43. The number of sulfonamides is 1. The Bertz CT molecular complexity index is 802. The maximum atomic E-state index is 12.6. The van der Waals surface area contributed by atoms with Crippen LogP contribution in [0.2, 0.25) is 0 Å². The van der Waals surface area contributed by atoms with Crippen LogP contribution in [0.25, 0.3) is 0 Å². The number of aromatic nitrogens is 1. The van der Waals surface area contributed by atoms with Gasteiger partial charge < -0.3 is 5.32 Å². The van der Waals surface area contributed by atoms with E-state index in [0.717, 1.165) is 12.8 Å². The van der Waals surface area contributed by atoms with Gasteiger partial charge in [-0.3, -0.25) is 9.78 Å². The van der Waals surface area contributed by atoms with Gasteiger partial charge in [0.1, 0.15) is 4.90 Å². The second kappa shape index (κ2) is 7.76. The van der Waals surface area contributed by atoms with Crippen molar-refractivity contribution in [3.8, 4) is 0 Å². The number of carbonyl (C=O) groups excluding carboxylic acids is 1. The summed E-state index contributed by atoms with van der Waals surface area (Å²) >= 11 is 0. The molecule has 1 aliphatic heterocycles. The number of carbonyl (C=O) groups is 1. The summed E-state index contributed by atoms with van der Waals surface area (Å²) in [6.07, 6.45) is 4.39. The number of amides is 1. The Labute approximate surface area is 147 Å². The van der Waals surface area contributed by atoms with Crippen molar-refractivity contribution in [1.29, 1.82) is 0 Å². The highest BCUT2D eigenvalue weighted by atomic mass is 32.2. The third-order valence-corrected chi connectivity index (χ3v) is 6.32. The van der Waals surface area contributed by atoms with Crippen molar-refractivity contribution in [2.75, 3.05) is 19.6 Å². The van der Waals surface area contributed by atoms with Gasteiger partial charge in [-0.15, -0.1) is 0 Å². The van der Waals surface area contributed by atoms with Gasteiger partial charge in [0.2, 0.25) is 10.0 Å². The predicted molar refractivity (Wildman–Crippen MR) is 94.5 cm³/mol. The molecule has 1 N–H and O–H groups in total. The van der Waals surface area contributed by atoms with Crippen LogP contribution in [0.4, 0.5) is 0 Å². The fourth-order valence-electron chi connectivity index (χ4n) is 2.93. The zero-order valence-corrected chi connectivity index (χ0v) is 14.7. The molecule has 6 nitrogen and oxygen atoms in total. The lowest BCUT2D eigenvalue weighted by Gasteiger charge is -2.31. The van der Waals surface area contributed by atoms with Crippen LogP contribution in [0.15, 0.2) is 59.8 Å². The minimum Gasteiger partial charge on any atom is -0.352 e. The highest BCUT2D eigenvalue weighted by Crippen LogP contribution is 2.23. The molecule has 0 spiro atoms. The first-order chi connectivity index (χ1) is 12.1. The molecule has 1 aromatic carbocycles. The quantitative estimate of drug-likeness (QED) is 0.884. The van der Waals surface area contributed by atoms with Gasteiger partial charge in [0.15, 0.2) is 0 Å². The minimum atomic E-state index is -3.48. The Morgan fingerprint density at radius 2 is 1.84 bits per heavy atom. The van der Waals surface area contributed by atoms with Gasteiger partial charge in [-0.25, -0.2) is 8.42 Å². The van der Waals surface area contributed by atoms with Crippen LogP contribution in [-0.4, -0.2) is 43.2 Å². The van der Waals surface area contributed by atoms with Crippen molar-refractivity contribution in [3.05, 3.63) is 60.4 Å². The first-order valence-corrected chi connectivity index (χ1v) is 9.75. The monoisotopic (exact) mass is 359 g/mol. The van der Waals surface area contributed by atoms with E-state index in [-0.39, 0.29) is 16.7 Å². The normalized spacial score (nSPS) is 16.5. The van der Waals surface area contributed by atoms with Crippen LogP contribution in [0, 0.1) is 5.92 Å². The predicted octanol–water partition coefficient (Wildman–Crippen LogP) is 1.91. The Hall–Kier alpha value is -2.25. The van der Waals surface area contributed by atoms with Gasteiger partial charge >= 0.3 is 0 Å². The average Bonchev–Trinajstić information content (AvgIpc) is 2.68. The molecule has 0 radical (unpaired) electrons. The lowest BCUT2D eigenvalue weighted by molar-refractivity contribution is 0.0941. The number of nitrogens with zero attached hydrogens (tertiary/aromatic N) is 2. The third kappa shape index (κ3) is 4.24. The van der Waals surface area contributed by atoms with Gasteiger partial charge in [0.25, 0.3) is 5.91 Å². The topological polar surface area (TPSA) is 79.4 Å². The van der Waals surface area contributed by atoms with Crippen molar-refractivity contribution in [2.24, 2.45) is 5.92 Å². The molecule has 1 amide bonds. The Morgan fingerprint density at radius 1 is 1.12 bits per heavy atom. The molecular formula is C18H21N3O3S. The van der Waals surface area contributed by atoms with E-state index in [1.54, 1.807) is 30.5 Å². The zero-order valence-electron chi connectivity index (χ0n) is 13.8. The molecular weight excluding hydrogens is 338 g/mol. The molecule has 0 unspecified atom stereocenters. The zero-order chi connectivity index (χ0) is 17.7. The molecule has 0 atom stereocenters. The molecule has 132 valence electrons. The smallest absolute Gasteiger partial charge is 0.251 e. The summed E-state index contributed by atoms with van der Waals surface area (Å²) in [4.78, 5) is 16.2. The maximum absolute atomic E-state index is 12.6. The van der Waals surface area contributed by atoms with Gasteiger partial charge in [0, 0.05) is 37.6 Å². The first kappa shape index (κ1) is 17.6. The number of pyridine rings is 1. The number of benzene rings is 1. The van der Waals surface area contributed by atoms with Crippen molar-refractivity contribution in [3.63, 3.8) is 0 Å². The lowest BCUT2D eigenvalue weighted by Crippen LogP contribution is -2.41. The van der Waals surface area contributed by atoms with Crippen LogP contribution in [0.1, 0.15) is 23.2 Å². The standard InChI is InChI=1S/C18H21N3O3S/c22-18(16-5-2-1-3-6-16)20-13-15-8-11-21(12-9-15)25(23,24)17-7-4-10-19-14-17/h1-7,10,14-15H,8-9,11-13H2,(H,20,22). The van der Waals surface area contributed by atoms with Crippen LogP contribution in [-0.2, 0) is 10.0 Å². The number of piperidine rings is 1. The van der Waals surface area contributed by atoms with Crippen molar-refractivity contribution < 1.29 is 13.2 Å². The molecule has 1 fully saturated rings. The van der Waals surface area contributed by atoms with Crippen molar-refractivity contribution >= 4 is 15.9 Å². The Kier molecular flexibility index (Phi) is 5.45. The van der Waals surface area contributed by atoms with E-state index in [1.807, 2.05) is 18.2 Å². The SMILES string of the molecule is O=C(NCC1CCN(S(=O)(=O)c2cccnc2)CC1)c1ccccc1. The van der Waals surface area contributed by atoms with E-state index >= 15 is 0 Å². The average molecular weight is 359 g/mol. The highest BCUT2D eigenvalue weighted by molar-refractivity contribution is 7.89. The first-order valence-electron chi connectivity index (χ1n) is 8.31. The molecule has 1 aliphatic rings. The molecule has 7 heteroatoms. The van der Waals surface area contributed by atoms with E-state index in [0.29, 0.717) is 25.2 Å². The number of hydrogen-bond acceptors (Lipinski definition) is 4. The van der Waals surface area contributed by atoms with Gasteiger partial charge in [-0.1, -0.05) is 18.2 Å². The fraction of sp³-hybridized carbons (Fsp3) is 0.333. The van der Waals surface area contributed by atoms with E-state index in [4.69, 9.17) is 0 Å². The van der Waals surface area contributed by atoms with Gasteiger partial charge in [-0.2, -0.15) is 4.31 Å². The van der Waals surface area contributed by atoms with E-state index in [9.17, 15) is 13.2 Å². The van der Waals surface area contributed by atoms with Crippen molar-refractivity contribution in [1.82, 2.24) is 14.6 Å². The molecule has 25 heavy (non-hydrogen) atoms. The molecule has 3 rings (SSSR count). The number of nitrogens with one attached hydrogen (secondary N) is 1. The lowest BCUT2D eigenvalue weighted by atomic mass is 9.98. The van der Waals surface area contributed by atoms with Crippen LogP contribution in [0.5, 0.6) is 0 Å². The number of rotatable bonds is 5. The Balaban J connectivity index is 1.51. The minimum absolute atomic E-state index is 0.0917. The molecule has 0 bridgehead atoms. The fourth-order valence-corrected chi connectivity index (χ4v) is 4.37. The maximum Gasteiger partial charge on any atom is 0.251 e. The number of hydrogen-bond donors (Lipinski definition) is 1. The van der Waals surface area contributed by atoms with Crippen LogP contribution >= 0.6 is 0 Å². The summed E-state index contributed by atoms with van der Waals surface area (Å²) < 4.78 is 26.6. The molecule has 2 aromatic rings. The summed E-state index contributed by atoms with van der Waals surface area (Å²) in [5.41, 5.74) is 0.638. The summed E-state index contributed by atoms with van der Waals surface area (Å²) in [5, 5.41) is 2.94. The van der Waals surface area contributed by atoms with E-state index in [1.165, 1.54) is 10.5 Å². The second-order valence-electron chi connectivity index (χ2n) is 6.11. The summed E-state index contributed by atoms with van der Waals surface area (Å²) in [7, 11) is -3.48. The molecule has 0 saturated carbocycles. The second-order valence-corrected chi connectivity index (χ2v) is 8.05. The summed E-state index contributed by atoms with van der Waals surface area (Å²) in [5.74, 6) is 0.194. The Morgan fingerprint density at radius 3 is 2.48 bits per heavy atom. The highest BCUT2D eigenvalue weighted by Gasteiger charge is 2.29. The molecule has 1 aromatic heterocycles. The molecule has 2 heterocycles. The van der Waals surface area contributed by atoms with Crippen molar-refractivity contribution in [2.45, 2.75) is 17.7 Å². The molecule has 0 aliphatic carbocycles. The van der Waals surface area contributed by atoms with Crippen LogP contribution < -0.4 is 5.32 Å². The summed E-state index contributed by atoms with van der Waals surface area (Å²) in [6.45, 7) is 1.49.